The number of ether oxygens (including phenoxy) is 1. The van der Waals surface area contributed by atoms with E-state index in [1.54, 1.807) is 13.8 Å². The molecule has 6 heterocycles. The number of aliphatic hydroxyl groups excluding tert-OH is 6. The Hall–Kier alpha value is -5.04. The van der Waals surface area contributed by atoms with Gasteiger partial charge in [0.1, 0.15) is 60.9 Å². The molecular weight excluding hydrogens is 971 g/mol. The SMILES string of the molecule is Cc1cc2c(cc1C)N1[C@H](O)C[C@H](c3c(F)c(F)c(F)c(F)c3F)[C@]13C(=O)NC(=O)NC3N2C[C@H](O)[C@H](O)[C@H](O)COP(=O)([O-])OP(=O)([O-])OC[C@H]1O[C@@H](n2cnc3c(N)ncnc32)[C@H](O)[C@@H]1O. The fourth-order valence-electron chi connectivity index (χ4n) is 8.91. The molecule has 4 aliphatic heterocycles. The summed E-state index contributed by atoms with van der Waals surface area (Å²) >= 11 is 0. The molecule has 3 fully saturated rings. The Labute approximate surface area is 377 Å². The second-order valence-electron chi connectivity index (χ2n) is 16.2. The maximum Gasteiger partial charge on any atom is 0.323 e. The first-order valence-electron chi connectivity index (χ1n) is 19.9. The lowest BCUT2D eigenvalue weighted by Gasteiger charge is -2.58. The van der Waals surface area contributed by atoms with E-state index in [1.165, 1.54) is 12.1 Å². The first kappa shape index (κ1) is 49.4. The summed E-state index contributed by atoms with van der Waals surface area (Å²) in [6.45, 7) is -0.516. The highest BCUT2D eigenvalue weighted by Crippen LogP contribution is 2.58. The number of aliphatic hydroxyl groups is 6. The number of hydrogen-bond donors (Lipinski definition) is 9. The van der Waals surface area contributed by atoms with Gasteiger partial charge in [0, 0.05) is 24.4 Å². The number of urea groups is 1. The van der Waals surface area contributed by atoms with Gasteiger partial charge in [0.25, 0.3) is 21.6 Å². The van der Waals surface area contributed by atoms with Crippen LogP contribution in [-0.2, 0) is 32.0 Å². The van der Waals surface area contributed by atoms with Gasteiger partial charge in [-0.2, -0.15) is 0 Å². The summed E-state index contributed by atoms with van der Waals surface area (Å²) < 4.78 is 120. The first-order valence-corrected chi connectivity index (χ1v) is 22.8. The monoisotopic (exact) mass is 1010 g/mol. The zero-order valence-corrected chi connectivity index (χ0v) is 36.5. The number of hydrogen-bond acceptors (Lipinski definition) is 22. The van der Waals surface area contributed by atoms with Gasteiger partial charge in [-0.25, -0.2) is 46.0 Å². The fraction of sp³-hybridized carbons (Fsp3) is 0.472. The molecule has 32 heteroatoms. The van der Waals surface area contributed by atoms with Crippen LogP contribution < -0.4 is 36.0 Å². The standard InChI is InChI=1S/C36H40F5N9O16P2/c1-11-3-14-15(4-12(11)2)50-19(53)5-13(20-21(37)23(39)25(41)24(40)22(20)38)36(50)33(46-35(58)47-34(36)57)48(14)6-16(51)27(54)17(52)7-63-67(59,60)66-68(61,62)64-8-18-28(55)29(56)32(65-18)49-10-45-26-30(42)43-9-44-31(26)49/h3-4,9-10,13,16-19,27-29,32-33,51-56H,5-8H2,1-2H3,(H,59,60)(H,61,62)(H2,42,43,44)(H2,46,47,57,58)/p-2/t13-,16+,17-,18-,19-,27+,28-,29-,32-,33?,36+/m1/s1. The number of β-amino-alcohol motifs (C(OH)–C–C–N with tert-alkyl or cyclic N) is 1. The number of amides is 3. The number of rotatable bonds is 14. The zero-order chi connectivity index (χ0) is 49.7. The third-order valence-corrected chi connectivity index (χ3v) is 14.7. The van der Waals surface area contributed by atoms with E-state index >= 15 is 8.78 Å². The van der Waals surface area contributed by atoms with Gasteiger partial charge >= 0.3 is 6.03 Å². The number of aromatic nitrogens is 4. The van der Waals surface area contributed by atoms with E-state index in [4.69, 9.17) is 10.5 Å². The van der Waals surface area contributed by atoms with Crippen LogP contribution in [0.15, 0.2) is 24.8 Å². The number of anilines is 3. The Kier molecular flexibility index (Phi) is 12.9. The van der Waals surface area contributed by atoms with E-state index in [2.05, 4.69) is 33.6 Å². The molecule has 1 spiro atoms. The maximum absolute atomic E-state index is 15.6. The molecule has 3 amide bonds. The number of nitrogen functional groups attached to an aromatic ring is 1. The third-order valence-electron chi connectivity index (χ3n) is 12.2. The highest BCUT2D eigenvalue weighted by atomic mass is 31.3. The van der Waals surface area contributed by atoms with Crippen molar-refractivity contribution in [1.82, 2.24) is 30.2 Å². The number of halogens is 5. The van der Waals surface area contributed by atoms with Crippen molar-refractivity contribution in [2.24, 2.45) is 0 Å². The Morgan fingerprint density at radius 3 is 2.19 bits per heavy atom. The van der Waals surface area contributed by atoms with Crippen molar-refractivity contribution < 1.29 is 99.2 Å². The van der Waals surface area contributed by atoms with E-state index in [0.29, 0.717) is 11.1 Å². The molecule has 4 aromatic rings. The van der Waals surface area contributed by atoms with E-state index in [1.807, 2.05) is 5.32 Å². The van der Waals surface area contributed by atoms with Gasteiger partial charge in [-0.3, -0.25) is 23.8 Å². The number of imide groups is 1. The second-order valence-corrected chi connectivity index (χ2v) is 19.1. The minimum Gasteiger partial charge on any atom is -0.756 e. The van der Waals surface area contributed by atoms with Gasteiger partial charge in [0.05, 0.1) is 30.9 Å². The van der Waals surface area contributed by atoms with Crippen LogP contribution in [0.2, 0.25) is 0 Å². The van der Waals surface area contributed by atoms with E-state index in [9.17, 15) is 72.3 Å². The summed E-state index contributed by atoms with van der Waals surface area (Å²) in [5.41, 5.74) is 2.46. The summed E-state index contributed by atoms with van der Waals surface area (Å²) in [7, 11) is -12.0. The largest absolute Gasteiger partial charge is 0.756 e. The van der Waals surface area contributed by atoms with Crippen molar-refractivity contribution in [2.75, 3.05) is 35.3 Å². The van der Waals surface area contributed by atoms with Gasteiger partial charge in [-0.05, 0) is 37.1 Å². The summed E-state index contributed by atoms with van der Waals surface area (Å²) in [5, 5.41) is 70.0. The van der Waals surface area contributed by atoms with Crippen molar-refractivity contribution in [3.8, 4) is 0 Å². The highest BCUT2D eigenvalue weighted by molar-refractivity contribution is 7.59. The summed E-state index contributed by atoms with van der Waals surface area (Å²) in [6, 6.07) is 1.51. The fourth-order valence-corrected chi connectivity index (χ4v) is 10.9. The van der Waals surface area contributed by atoms with Crippen LogP contribution in [0.25, 0.3) is 11.2 Å². The molecular formula is C36H38F5N9O16P2-2. The van der Waals surface area contributed by atoms with Crippen LogP contribution >= 0.6 is 15.6 Å². The lowest BCUT2D eigenvalue weighted by atomic mass is 9.73. The van der Waals surface area contributed by atoms with Crippen molar-refractivity contribution >= 4 is 55.9 Å². The molecule has 2 aromatic heterocycles. The number of fused-ring (bicyclic) bond motifs is 3. The molecule has 3 saturated heterocycles. The van der Waals surface area contributed by atoms with Crippen LogP contribution in [0.4, 0.5) is 43.9 Å². The molecule has 2 aromatic carbocycles. The van der Waals surface area contributed by atoms with Crippen LogP contribution in [0, 0.1) is 42.9 Å². The van der Waals surface area contributed by atoms with E-state index < -0.39 is 155 Å². The minimum atomic E-state index is -6.07. The minimum absolute atomic E-state index is 0.0335. The van der Waals surface area contributed by atoms with Crippen LogP contribution in [0.5, 0.6) is 0 Å². The van der Waals surface area contributed by atoms with E-state index in [-0.39, 0.29) is 28.4 Å². The summed E-state index contributed by atoms with van der Waals surface area (Å²) in [6.07, 6.45) is -16.4. The predicted molar refractivity (Wildman–Crippen MR) is 210 cm³/mol. The molecule has 3 unspecified atom stereocenters. The Morgan fingerprint density at radius 1 is 0.912 bits per heavy atom. The number of nitrogens with two attached hydrogens (primary N) is 1. The number of phosphoric acid groups is 2. The highest BCUT2D eigenvalue weighted by Gasteiger charge is 2.70. The molecule has 370 valence electrons. The van der Waals surface area contributed by atoms with Crippen molar-refractivity contribution in [1.29, 1.82) is 0 Å². The normalized spacial score (nSPS) is 28.8. The van der Waals surface area contributed by atoms with Crippen molar-refractivity contribution in [3.05, 3.63) is 70.6 Å². The molecule has 25 nitrogen and oxygen atoms in total. The molecule has 68 heavy (non-hydrogen) atoms. The number of benzene rings is 2. The first-order chi connectivity index (χ1) is 31.8. The van der Waals surface area contributed by atoms with Gasteiger partial charge in [0.2, 0.25) is 5.82 Å². The quantitative estimate of drug-likeness (QED) is 0.0290. The molecule has 0 aliphatic carbocycles. The molecule has 0 bridgehead atoms. The Morgan fingerprint density at radius 2 is 1.53 bits per heavy atom. The summed E-state index contributed by atoms with van der Waals surface area (Å²) in [4.78, 5) is 66.0. The Bertz CT molecular complexity index is 2770. The average molecular weight is 1010 g/mol. The summed E-state index contributed by atoms with van der Waals surface area (Å²) in [5.74, 6) is -15.6. The van der Waals surface area contributed by atoms with E-state index in [0.717, 1.165) is 27.0 Å². The molecule has 10 N–H and O–H groups in total. The number of phosphoric ester groups is 2. The van der Waals surface area contributed by atoms with Crippen molar-refractivity contribution in [2.45, 2.75) is 87.0 Å². The zero-order valence-electron chi connectivity index (χ0n) is 34.7. The molecule has 0 radical (unpaired) electrons. The number of carbonyl (C=O) groups excluding carboxylic acids is 2. The van der Waals surface area contributed by atoms with Crippen molar-refractivity contribution in [3.63, 3.8) is 0 Å². The smallest absolute Gasteiger partial charge is 0.323 e. The third kappa shape index (κ3) is 8.15. The number of nitrogens with zero attached hydrogens (tertiary/aromatic N) is 6. The lowest BCUT2D eigenvalue weighted by Crippen LogP contribution is -2.82. The molecule has 4 aliphatic rings. The predicted octanol–water partition coefficient (Wildman–Crippen LogP) is -1.85. The number of aryl methyl sites for hydroxylation is 2. The average Bonchev–Trinajstić information content (AvgIpc) is 3.93. The molecule has 13 atom stereocenters. The molecule has 0 saturated carbocycles. The lowest BCUT2D eigenvalue weighted by molar-refractivity contribution is -0.247. The topological polar surface area (TPSA) is 373 Å². The number of carbonyl (C=O) groups is 2. The van der Waals surface area contributed by atoms with Gasteiger partial charge in [0.15, 0.2) is 46.5 Å². The van der Waals surface area contributed by atoms with Crippen LogP contribution in [-0.4, -0.2) is 136 Å². The van der Waals surface area contributed by atoms with Gasteiger partial charge in [-0.1, -0.05) is 0 Å². The maximum atomic E-state index is 15.6. The van der Waals surface area contributed by atoms with Crippen LogP contribution in [0.1, 0.15) is 35.3 Å². The van der Waals surface area contributed by atoms with Crippen LogP contribution in [0.3, 0.4) is 0 Å². The second kappa shape index (κ2) is 17.7. The van der Waals surface area contributed by atoms with Gasteiger partial charge < -0.3 is 75.1 Å². The number of nitrogens with one attached hydrogen (secondary N) is 2. The Balaban J connectivity index is 0.981. The molecule has 8 rings (SSSR count). The number of imidazole rings is 1. The van der Waals surface area contributed by atoms with Gasteiger partial charge in [-0.15, -0.1) is 0 Å².